The van der Waals surface area contributed by atoms with Crippen molar-refractivity contribution in [3.63, 3.8) is 0 Å². The molecule has 3 fully saturated rings. The van der Waals surface area contributed by atoms with E-state index in [1.165, 1.54) is 31.7 Å². The molecule has 4 atom stereocenters. The van der Waals surface area contributed by atoms with E-state index in [0.29, 0.717) is 23.9 Å². The summed E-state index contributed by atoms with van der Waals surface area (Å²) in [5.74, 6) is 0.644. The highest BCUT2D eigenvalue weighted by molar-refractivity contribution is 5.85. The van der Waals surface area contributed by atoms with Gasteiger partial charge in [-0.2, -0.15) is 0 Å². The van der Waals surface area contributed by atoms with E-state index in [0.717, 1.165) is 37.4 Å². The van der Waals surface area contributed by atoms with Crippen LogP contribution in [0.2, 0.25) is 0 Å². The van der Waals surface area contributed by atoms with E-state index in [4.69, 9.17) is 0 Å². The van der Waals surface area contributed by atoms with E-state index in [1.807, 2.05) is 12.1 Å². The van der Waals surface area contributed by atoms with Crippen molar-refractivity contribution in [2.24, 2.45) is 11.8 Å². The van der Waals surface area contributed by atoms with Crippen LogP contribution in [0.25, 0.3) is 0 Å². The van der Waals surface area contributed by atoms with Gasteiger partial charge in [-0.1, -0.05) is 24.6 Å². The number of rotatable bonds is 4. The molecule has 5 rings (SSSR count). The lowest BCUT2D eigenvalue weighted by Gasteiger charge is -2.57. The van der Waals surface area contributed by atoms with E-state index in [-0.39, 0.29) is 11.5 Å². The van der Waals surface area contributed by atoms with Gasteiger partial charge in [-0.3, -0.25) is 4.90 Å². The smallest absolute Gasteiger partial charge is 0.354 e. The van der Waals surface area contributed by atoms with Crippen molar-refractivity contribution >= 4 is 11.8 Å². The molecule has 4 heterocycles. The normalized spacial score (nSPS) is 28.8. The molecule has 158 valence electrons. The van der Waals surface area contributed by atoms with Crippen LogP contribution >= 0.6 is 0 Å². The van der Waals surface area contributed by atoms with Crippen molar-refractivity contribution in [2.75, 3.05) is 24.5 Å². The number of nitrogens with zero attached hydrogens (tertiary/aromatic N) is 3. The fraction of sp³-hybridized carbons (Fsp3) is 0.500. The summed E-state index contributed by atoms with van der Waals surface area (Å²) in [5, 5.41) is 9.33. The predicted octanol–water partition coefficient (Wildman–Crippen LogP) is 3.84. The molecule has 0 saturated carbocycles. The molecule has 2 aromatic rings. The van der Waals surface area contributed by atoms with Crippen LogP contribution in [0.4, 0.5) is 10.2 Å². The second-order valence-electron chi connectivity index (χ2n) is 9.05. The monoisotopic (exact) mass is 409 g/mol. The van der Waals surface area contributed by atoms with Gasteiger partial charge in [0.1, 0.15) is 11.6 Å². The molecule has 6 heteroatoms. The van der Waals surface area contributed by atoms with Crippen molar-refractivity contribution in [3.05, 3.63) is 59.5 Å². The third-order valence-electron chi connectivity index (χ3n) is 7.23. The lowest BCUT2D eigenvalue weighted by atomic mass is 9.71. The minimum atomic E-state index is -0.989. The van der Waals surface area contributed by atoms with Gasteiger partial charge >= 0.3 is 5.97 Å². The van der Waals surface area contributed by atoms with E-state index >= 15 is 0 Å². The summed E-state index contributed by atoms with van der Waals surface area (Å²) < 4.78 is 13.8. The Morgan fingerprint density at radius 2 is 1.97 bits per heavy atom. The Hall–Kier alpha value is -2.47. The number of anilines is 1. The third-order valence-corrected chi connectivity index (χ3v) is 7.23. The summed E-state index contributed by atoms with van der Waals surface area (Å²) in [6, 6.07) is 13.2. The summed E-state index contributed by atoms with van der Waals surface area (Å²) in [6.07, 6.45) is 5.77. The van der Waals surface area contributed by atoms with E-state index in [1.54, 1.807) is 24.3 Å². The largest absolute Gasteiger partial charge is 0.477 e. The molecule has 1 N–H and O–H groups in total. The summed E-state index contributed by atoms with van der Waals surface area (Å²) >= 11 is 0. The van der Waals surface area contributed by atoms with Crippen molar-refractivity contribution in [1.82, 2.24) is 9.88 Å². The molecule has 0 unspecified atom stereocenters. The molecular formula is C24H28FN3O2. The quantitative estimate of drug-likeness (QED) is 0.832. The van der Waals surface area contributed by atoms with Crippen molar-refractivity contribution < 1.29 is 14.3 Å². The average Bonchev–Trinajstić information content (AvgIpc) is 2.77. The highest BCUT2D eigenvalue weighted by Gasteiger charge is 2.47. The Bertz CT molecular complexity index is 936. The first-order valence-electron chi connectivity index (χ1n) is 11.0. The number of carboxylic acid groups (broad SMARTS) is 1. The van der Waals surface area contributed by atoms with Crippen LogP contribution in [-0.2, 0) is 6.42 Å². The molecular weight excluding hydrogens is 381 g/mol. The number of aromatic carboxylic acids is 1. The van der Waals surface area contributed by atoms with E-state index in [2.05, 4.69) is 14.8 Å². The average molecular weight is 410 g/mol. The minimum absolute atomic E-state index is 0.0961. The first kappa shape index (κ1) is 19.5. The highest BCUT2D eigenvalue weighted by atomic mass is 19.1. The lowest BCUT2D eigenvalue weighted by molar-refractivity contribution is -0.0318. The Labute approximate surface area is 176 Å². The number of carbonyl (C=O) groups is 1. The molecule has 2 bridgehead atoms. The number of hydrogen-bond donors (Lipinski definition) is 1. The molecule has 3 aliphatic heterocycles. The number of aromatic nitrogens is 1. The second kappa shape index (κ2) is 7.99. The zero-order chi connectivity index (χ0) is 20.7. The zero-order valence-corrected chi connectivity index (χ0v) is 17.1. The van der Waals surface area contributed by atoms with Crippen LogP contribution in [0.5, 0.6) is 0 Å². The molecule has 3 aliphatic rings. The van der Waals surface area contributed by atoms with Gasteiger partial charge < -0.3 is 10.0 Å². The zero-order valence-electron chi connectivity index (χ0n) is 17.1. The first-order chi connectivity index (χ1) is 14.6. The number of carboxylic acids is 1. The van der Waals surface area contributed by atoms with E-state index < -0.39 is 5.97 Å². The molecule has 0 radical (unpaired) electrons. The highest BCUT2D eigenvalue weighted by Crippen LogP contribution is 2.43. The molecule has 3 saturated heterocycles. The van der Waals surface area contributed by atoms with Crippen molar-refractivity contribution in [1.29, 1.82) is 0 Å². The topological polar surface area (TPSA) is 56.7 Å². The number of pyridine rings is 1. The number of piperidine rings is 3. The van der Waals surface area contributed by atoms with E-state index in [9.17, 15) is 14.3 Å². The van der Waals surface area contributed by atoms with Crippen LogP contribution in [0.1, 0.15) is 41.7 Å². The SMILES string of the molecule is O=C(O)c1cccc(N2C[C@H]3C[C@@H](C2)[C@H](Cc2cccc(F)c2)N2CCCC[C@@H]32)n1. The maximum absolute atomic E-state index is 13.8. The van der Waals surface area contributed by atoms with Gasteiger partial charge in [0.15, 0.2) is 5.69 Å². The lowest BCUT2D eigenvalue weighted by Crippen LogP contribution is -2.64. The van der Waals surface area contributed by atoms with Gasteiger partial charge in [0, 0.05) is 25.2 Å². The predicted molar refractivity (Wildman–Crippen MR) is 113 cm³/mol. The number of hydrogen-bond acceptors (Lipinski definition) is 4. The second-order valence-corrected chi connectivity index (χ2v) is 9.05. The van der Waals surface area contributed by atoms with Crippen LogP contribution in [0.3, 0.4) is 0 Å². The summed E-state index contributed by atoms with van der Waals surface area (Å²) in [7, 11) is 0. The molecule has 1 aromatic heterocycles. The third kappa shape index (κ3) is 3.69. The molecule has 5 nitrogen and oxygen atoms in total. The summed E-state index contributed by atoms with van der Waals surface area (Å²) in [6.45, 7) is 2.93. The molecule has 1 aromatic carbocycles. The van der Waals surface area contributed by atoms with Crippen LogP contribution in [0, 0.1) is 17.7 Å². The number of benzene rings is 1. The van der Waals surface area contributed by atoms with Gasteiger partial charge in [-0.05, 0) is 73.9 Å². The van der Waals surface area contributed by atoms with Gasteiger partial charge in [0.2, 0.25) is 0 Å². The maximum atomic E-state index is 13.8. The van der Waals surface area contributed by atoms with Gasteiger partial charge in [-0.25, -0.2) is 14.2 Å². The van der Waals surface area contributed by atoms with Crippen molar-refractivity contribution in [2.45, 2.75) is 44.2 Å². The Morgan fingerprint density at radius 1 is 1.13 bits per heavy atom. The number of halogens is 1. The van der Waals surface area contributed by atoms with Gasteiger partial charge in [0.05, 0.1) is 0 Å². The Kier molecular flexibility index (Phi) is 5.19. The molecule has 30 heavy (non-hydrogen) atoms. The maximum Gasteiger partial charge on any atom is 0.354 e. The summed E-state index contributed by atoms with van der Waals surface area (Å²) in [5.41, 5.74) is 1.16. The molecule has 0 aliphatic carbocycles. The summed E-state index contributed by atoms with van der Waals surface area (Å²) in [4.78, 5) is 20.8. The van der Waals surface area contributed by atoms with Crippen molar-refractivity contribution in [3.8, 4) is 0 Å². The first-order valence-corrected chi connectivity index (χ1v) is 11.0. The van der Waals surface area contributed by atoms with Crippen LogP contribution in [-0.4, -0.2) is 52.7 Å². The fourth-order valence-corrected chi connectivity index (χ4v) is 6.00. The molecule has 0 amide bonds. The fourth-order valence-electron chi connectivity index (χ4n) is 6.00. The van der Waals surface area contributed by atoms with Crippen LogP contribution < -0.4 is 4.90 Å². The minimum Gasteiger partial charge on any atom is -0.477 e. The number of fused-ring (bicyclic) bond motifs is 4. The molecule has 0 spiro atoms. The Balaban J connectivity index is 1.44. The van der Waals surface area contributed by atoms with Gasteiger partial charge in [-0.15, -0.1) is 0 Å². The van der Waals surface area contributed by atoms with Gasteiger partial charge in [0.25, 0.3) is 0 Å². The van der Waals surface area contributed by atoms with Crippen LogP contribution in [0.15, 0.2) is 42.5 Å². The Morgan fingerprint density at radius 3 is 2.80 bits per heavy atom. The standard InChI is InChI=1S/C24H28FN3O2/c25-19-6-3-5-16(11-19)12-22-18-13-17(21-8-1-2-10-28(21)22)14-27(15-18)23-9-4-7-20(26-23)24(29)30/h3-7,9,11,17-18,21-22H,1-2,8,10,12-15H2,(H,29,30)/t17-,18+,21+,22+/m1/s1.